The van der Waals surface area contributed by atoms with Gasteiger partial charge in [-0.1, -0.05) is 42.5 Å². The Labute approximate surface area is 234 Å². The van der Waals surface area contributed by atoms with Crippen LogP contribution in [0, 0.1) is 0 Å². The first-order valence-electron chi connectivity index (χ1n) is 13.3. The van der Waals surface area contributed by atoms with E-state index in [4.69, 9.17) is 4.74 Å². The number of piperazine rings is 1. The Kier molecular flexibility index (Phi) is 8.74. The smallest absolute Gasteiger partial charge is 0.410 e. The van der Waals surface area contributed by atoms with Crippen molar-refractivity contribution in [3.8, 4) is 16.9 Å². The fraction of sp³-hybridized carbons (Fsp3) is 0.323. The summed E-state index contributed by atoms with van der Waals surface area (Å²) in [6, 6.07) is 19.1. The van der Waals surface area contributed by atoms with E-state index in [0.717, 1.165) is 23.2 Å². The molecule has 3 N–H and O–H groups in total. The van der Waals surface area contributed by atoms with Crippen LogP contribution in [0.2, 0.25) is 0 Å². The molecule has 1 aliphatic rings. The molecule has 9 heteroatoms. The summed E-state index contributed by atoms with van der Waals surface area (Å²) in [5.74, 6) is -1.96. The number of hydrogen-bond donors (Lipinski definition) is 3. The number of ether oxygens (including phenoxy) is 1. The quantitative estimate of drug-likeness (QED) is 0.378. The average molecular weight is 546 g/mol. The summed E-state index contributed by atoms with van der Waals surface area (Å²) in [5.41, 5.74) is 2.12. The van der Waals surface area contributed by atoms with Gasteiger partial charge in [0.1, 0.15) is 11.4 Å². The molecular weight excluding hydrogens is 510 g/mol. The van der Waals surface area contributed by atoms with Crippen LogP contribution >= 0.6 is 0 Å². The molecule has 2 amide bonds. The molecule has 0 atom stereocenters. The highest BCUT2D eigenvalue weighted by atomic mass is 16.6. The minimum atomic E-state index is -1.17. The van der Waals surface area contributed by atoms with E-state index >= 15 is 0 Å². The minimum absolute atomic E-state index is 0.0470. The Bertz CT molecular complexity index is 1380. The van der Waals surface area contributed by atoms with E-state index in [-0.39, 0.29) is 28.7 Å². The van der Waals surface area contributed by atoms with Gasteiger partial charge in [-0.2, -0.15) is 0 Å². The summed E-state index contributed by atoms with van der Waals surface area (Å²) in [7, 11) is 0. The molecule has 1 heterocycles. The lowest BCUT2D eigenvalue weighted by Gasteiger charge is -2.35. The van der Waals surface area contributed by atoms with Gasteiger partial charge < -0.3 is 25.2 Å². The van der Waals surface area contributed by atoms with Gasteiger partial charge in [-0.15, -0.1) is 0 Å². The fourth-order valence-corrected chi connectivity index (χ4v) is 4.52. The number of carboxylic acid groups (broad SMARTS) is 1. The topological polar surface area (TPSA) is 119 Å². The predicted octanol–water partition coefficient (Wildman–Crippen LogP) is 5.10. The van der Waals surface area contributed by atoms with Gasteiger partial charge >= 0.3 is 12.1 Å². The van der Waals surface area contributed by atoms with Crippen LogP contribution in [-0.2, 0) is 11.2 Å². The van der Waals surface area contributed by atoms with Crippen molar-refractivity contribution in [2.24, 2.45) is 0 Å². The summed E-state index contributed by atoms with van der Waals surface area (Å²) < 4.78 is 5.45. The molecular formula is C31H35N3O6. The first-order chi connectivity index (χ1) is 19.0. The van der Waals surface area contributed by atoms with Crippen molar-refractivity contribution in [3.63, 3.8) is 0 Å². The molecule has 40 heavy (non-hydrogen) atoms. The van der Waals surface area contributed by atoms with Gasteiger partial charge in [-0.05, 0) is 68.1 Å². The maximum absolute atomic E-state index is 13.2. The van der Waals surface area contributed by atoms with Crippen LogP contribution in [0.3, 0.4) is 0 Å². The van der Waals surface area contributed by atoms with E-state index in [0.29, 0.717) is 32.6 Å². The number of phenolic OH excluding ortho intramolecular Hbond substituents is 1. The second kappa shape index (κ2) is 12.2. The number of phenols is 1. The van der Waals surface area contributed by atoms with E-state index < -0.39 is 17.5 Å². The normalized spacial score (nSPS) is 14.0. The molecule has 3 aromatic rings. The Balaban J connectivity index is 1.41. The van der Waals surface area contributed by atoms with Crippen LogP contribution in [0.1, 0.15) is 47.1 Å². The lowest BCUT2D eigenvalue weighted by Crippen LogP contribution is -2.50. The van der Waals surface area contributed by atoms with E-state index in [1.807, 2.05) is 51.1 Å². The second-order valence-electron chi connectivity index (χ2n) is 10.8. The Hall–Kier alpha value is -4.37. The SMILES string of the molecule is CC(C)(C)OC(=O)N1CCN(CCc2ccc(O)c(C(=O)Nc3cc(-c4ccccc4)ccc3C(=O)O)c2)CC1. The third kappa shape index (κ3) is 7.39. The Morgan fingerprint density at radius 2 is 1.57 bits per heavy atom. The molecule has 0 aromatic heterocycles. The number of nitrogens with one attached hydrogen (secondary N) is 1. The van der Waals surface area contributed by atoms with Gasteiger partial charge in [0.15, 0.2) is 0 Å². The maximum Gasteiger partial charge on any atom is 0.410 e. The van der Waals surface area contributed by atoms with E-state index in [1.165, 1.54) is 12.1 Å². The van der Waals surface area contributed by atoms with Crippen molar-refractivity contribution in [3.05, 3.63) is 83.4 Å². The lowest BCUT2D eigenvalue weighted by atomic mass is 10.0. The molecule has 4 rings (SSSR count). The molecule has 0 aliphatic carbocycles. The zero-order chi connectivity index (χ0) is 28.9. The van der Waals surface area contributed by atoms with Crippen molar-refractivity contribution in [1.29, 1.82) is 0 Å². The highest BCUT2D eigenvalue weighted by Crippen LogP contribution is 2.28. The van der Waals surface area contributed by atoms with Crippen molar-refractivity contribution in [2.45, 2.75) is 32.8 Å². The summed E-state index contributed by atoms with van der Waals surface area (Å²) >= 11 is 0. The molecule has 1 fully saturated rings. The van der Waals surface area contributed by atoms with Crippen molar-refractivity contribution < 1.29 is 29.3 Å². The number of benzene rings is 3. The van der Waals surface area contributed by atoms with Crippen LogP contribution in [-0.4, -0.2) is 76.3 Å². The third-order valence-corrected chi connectivity index (χ3v) is 6.65. The molecule has 0 unspecified atom stereocenters. The molecule has 0 bridgehead atoms. The van der Waals surface area contributed by atoms with Gasteiger partial charge in [0.05, 0.1) is 16.8 Å². The van der Waals surface area contributed by atoms with Crippen LogP contribution < -0.4 is 5.32 Å². The second-order valence-corrected chi connectivity index (χ2v) is 10.8. The Morgan fingerprint density at radius 1 is 0.875 bits per heavy atom. The minimum Gasteiger partial charge on any atom is -0.507 e. The Morgan fingerprint density at radius 3 is 2.23 bits per heavy atom. The number of nitrogens with zero attached hydrogens (tertiary/aromatic N) is 2. The van der Waals surface area contributed by atoms with Gasteiger partial charge in [0.25, 0.3) is 5.91 Å². The lowest BCUT2D eigenvalue weighted by molar-refractivity contribution is 0.0146. The standard InChI is InChI=1S/C31H35N3O6/c1-31(2,3)40-30(39)34-17-15-33(16-18-34)14-13-21-9-12-27(35)25(19-21)28(36)32-26-20-23(10-11-24(26)29(37)38)22-7-5-4-6-8-22/h4-12,19-20,35H,13-18H2,1-3H3,(H,32,36)(H,37,38). The summed E-state index contributed by atoms with van der Waals surface area (Å²) in [6.07, 6.45) is 0.332. The molecule has 9 nitrogen and oxygen atoms in total. The number of rotatable bonds is 7. The molecule has 1 aliphatic heterocycles. The largest absolute Gasteiger partial charge is 0.507 e. The fourth-order valence-electron chi connectivity index (χ4n) is 4.52. The average Bonchev–Trinajstić information content (AvgIpc) is 2.92. The maximum atomic E-state index is 13.2. The molecule has 0 spiro atoms. The first kappa shape index (κ1) is 28.6. The molecule has 0 saturated carbocycles. The predicted molar refractivity (Wildman–Crippen MR) is 153 cm³/mol. The summed E-state index contributed by atoms with van der Waals surface area (Å²) in [6.45, 7) is 8.83. The number of carbonyl (C=O) groups excluding carboxylic acids is 2. The van der Waals surface area contributed by atoms with E-state index in [9.17, 15) is 24.6 Å². The molecule has 3 aromatic carbocycles. The summed E-state index contributed by atoms with van der Waals surface area (Å²) in [5, 5.41) is 22.8. The number of hydrogen-bond acceptors (Lipinski definition) is 6. The number of anilines is 1. The number of carboxylic acids is 1. The van der Waals surface area contributed by atoms with Crippen LogP contribution in [0.15, 0.2) is 66.7 Å². The van der Waals surface area contributed by atoms with Crippen LogP contribution in [0.5, 0.6) is 5.75 Å². The van der Waals surface area contributed by atoms with Crippen molar-refractivity contribution in [1.82, 2.24) is 9.80 Å². The van der Waals surface area contributed by atoms with Gasteiger partial charge in [0, 0.05) is 32.7 Å². The van der Waals surface area contributed by atoms with Gasteiger partial charge in [-0.25, -0.2) is 9.59 Å². The van der Waals surface area contributed by atoms with E-state index in [1.54, 1.807) is 29.2 Å². The summed E-state index contributed by atoms with van der Waals surface area (Å²) in [4.78, 5) is 41.3. The van der Waals surface area contributed by atoms with Crippen molar-refractivity contribution >= 4 is 23.7 Å². The monoisotopic (exact) mass is 545 g/mol. The van der Waals surface area contributed by atoms with Crippen LogP contribution in [0.25, 0.3) is 11.1 Å². The molecule has 210 valence electrons. The van der Waals surface area contributed by atoms with Gasteiger partial charge in [-0.3, -0.25) is 9.69 Å². The highest BCUT2D eigenvalue weighted by Gasteiger charge is 2.26. The number of aromatic carboxylic acids is 1. The number of aromatic hydroxyl groups is 1. The zero-order valence-corrected chi connectivity index (χ0v) is 23.0. The molecule has 0 radical (unpaired) electrons. The first-order valence-corrected chi connectivity index (χ1v) is 13.3. The molecule has 1 saturated heterocycles. The highest BCUT2D eigenvalue weighted by molar-refractivity contribution is 6.09. The third-order valence-electron chi connectivity index (χ3n) is 6.65. The number of amides is 2. The zero-order valence-electron chi connectivity index (χ0n) is 23.0. The van der Waals surface area contributed by atoms with E-state index in [2.05, 4.69) is 10.2 Å². The number of carbonyl (C=O) groups is 3. The van der Waals surface area contributed by atoms with Crippen LogP contribution in [0.4, 0.5) is 10.5 Å². The van der Waals surface area contributed by atoms with Crippen molar-refractivity contribution in [2.75, 3.05) is 38.0 Å². The van der Waals surface area contributed by atoms with Gasteiger partial charge in [0.2, 0.25) is 0 Å².